The van der Waals surface area contributed by atoms with Gasteiger partial charge in [-0.1, -0.05) is 91.7 Å². The predicted molar refractivity (Wildman–Crippen MR) is 181 cm³/mol. The standard InChI is InChI=1S/C33H49N5O6.C3H8/c1-32(2,3)27(36-31(44)37-33(15-5-4-6-16-33)20-22-12-8-13-23(39)18-22)30(43)38-17-9-14-25(38)29(42)35-24(26(40)28(34)41)19-21-10-7-11-21;1-3-2/h8,12-13,18,21,24-25,27,39H,4-7,9-11,14-17,19-20H2,1-3H3,(H2,34,41)(H,35,42)(H2,36,37,44);3H2,1-2H3/t24?,25-,27?;/m0./s1. The molecule has 11 nitrogen and oxygen atoms in total. The number of likely N-dealkylation sites (tertiary alicyclic amines) is 1. The van der Waals surface area contributed by atoms with E-state index < -0.39 is 52.7 Å². The van der Waals surface area contributed by atoms with Crippen molar-refractivity contribution < 1.29 is 29.1 Å². The number of nitrogens with two attached hydrogens (primary N) is 1. The second-order valence-corrected chi connectivity index (χ2v) is 14.8. The van der Waals surface area contributed by atoms with E-state index in [0.29, 0.717) is 32.2 Å². The first-order chi connectivity index (χ1) is 22.2. The molecule has 5 amide bonds. The van der Waals surface area contributed by atoms with Gasteiger partial charge in [-0.05, 0) is 67.6 Å². The molecular weight excluding hydrogens is 598 g/mol. The molecule has 3 fully saturated rings. The second kappa shape index (κ2) is 17.0. The zero-order valence-corrected chi connectivity index (χ0v) is 29.0. The van der Waals surface area contributed by atoms with Crippen LogP contribution in [0.1, 0.15) is 117 Å². The van der Waals surface area contributed by atoms with Gasteiger partial charge in [0.1, 0.15) is 17.8 Å². The minimum Gasteiger partial charge on any atom is -0.508 e. The Hall–Kier alpha value is -3.63. The van der Waals surface area contributed by atoms with Crippen LogP contribution in [-0.4, -0.2) is 69.8 Å². The summed E-state index contributed by atoms with van der Waals surface area (Å²) in [6.45, 7) is 10.2. The highest BCUT2D eigenvalue weighted by Crippen LogP contribution is 2.33. The Labute approximate surface area is 280 Å². The number of carbonyl (C=O) groups excluding carboxylic acids is 5. The summed E-state index contributed by atoms with van der Waals surface area (Å²) in [6, 6.07) is 3.85. The van der Waals surface area contributed by atoms with E-state index in [2.05, 4.69) is 29.8 Å². The molecule has 2 saturated carbocycles. The number of phenolic OH excluding ortho intramolecular Hbond substituents is 1. The van der Waals surface area contributed by atoms with Gasteiger partial charge in [-0.25, -0.2) is 4.79 Å². The van der Waals surface area contributed by atoms with E-state index in [0.717, 1.165) is 56.9 Å². The minimum atomic E-state index is -1.09. The minimum absolute atomic E-state index is 0.175. The molecule has 1 aromatic rings. The number of phenols is 1. The molecule has 262 valence electrons. The number of ketones is 1. The van der Waals surface area contributed by atoms with Gasteiger partial charge >= 0.3 is 6.03 Å². The zero-order chi connectivity index (χ0) is 34.8. The number of nitrogens with zero attached hydrogens (tertiary/aromatic N) is 1. The van der Waals surface area contributed by atoms with E-state index in [4.69, 9.17) is 5.73 Å². The number of aromatic hydroxyl groups is 1. The number of benzene rings is 1. The molecule has 4 rings (SSSR count). The van der Waals surface area contributed by atoms with Crippen LogP contribution in [0.4, 0.5) is 4.79 Å². The molecular formula is C36H57N5O6. The second-order valence-electron chi connectivity index (χ2n) is 14.8. The fourth-order valence-electron chi connectivity index (χ4n) is 6.89. The number of rotatable bonds is 11. The SMILES string of the molecule is CC(C)(C)C(NC(=O)NC1(Cc2cccc(O)c2)CCCCC1)C(=O)N1CCC[C@H]1C(=O)NC(CC1CCC1)C(=O)C(N)=O.CCC. The van der Waals surface area contributed by atoms with Crippen molar-refractivity contribution in [2.45, 2.75) is 142 Å². The average Bonchev–Trinajstić information content (AvgIpc) is 3.47. The molecule has 0 spiro atoms. The molecule has 3 aliphatic rings. The van der Waals surface area contributed by atoms with Crippen molar-refractivity contribution in [3.05, 3.63) is 29.8 Å². The lowest BCUT2D eigenvalue weighted by atomic mass is 9.77. The number of hydrogen-bond acceptors (Lipinski definition) is 6. The summed E-state index contributed by atoms with van der Waals surface area (Å²) >= 11 is 0. The highest BCUT2D eigenvalue weighted by atomic mass is 16.3. The highest BCUT2D eigenvalue weighted by Gasteiger charge is 2.44. The monoisotopic (exact) mass is 655 g/mol. The fourth-order valence-corrected chi connectivity index (χ4v) is 6.89. The Kier molecular flexibility index (Phi) is 13.7. The third-order valence-electron chi connectivity index (χ3n) is 9.54. The zero-order valence-electron chi connectivity index (χ0n) is 29.0. The largest absolute Gasteiger partial charge is 0.508 e. The Balaban J connectivity index is 0.00000192. The van der Waals surface area contributed by atoms with Crippen LogP contribution in [0.5, 0.6) is 5.75 Å². The lowest BCUT2D eigenvalue weighted by Crippen LogP contribution is -2.62. The van der Waals surface area contributed by atoms with Crippen LogP contribution in [0.25, 0.3) is 0 Å². The molecule has 3 atom stereocenters. The quantitative estimate of drug-likeness (QED) is 0.220. The number of primary amides is 1. The van der Waals surface area contributed by atoms with Gasteiger partial charge in [0, 0.05) is 12.1 Å². The molecule has 1 aromatic carbocycles. The number of Topliss-reactive ketones (excluding diaryl/α,β-unsaturated/α-hetero) is 1. The van der Waals surface area contributed by atoms with E-state index in [9.17, 15) is 29.1 Å². The van der Waals surface area contributed by atoms with Crippen molar-refractivity contribution >= 4 is 29.5 Å². The molecule has 2 unspecified atom stereocenters. The molecule has 1 saturated heterocycles. The summed E-state index contributed by atoms with van der Waals surface area (Å²) < 4.78 is 0. The summed E-state index contributed by atoms with van der Waals surface area (Å²) in [5.74, 6) is -2.34. The van der Waals surface area contributed by atoms with Crippen LogP contribution in [0, 0.1) is 11.3 Å². The van der Waals surface area contributed by atoms with Crippen molar-refractivity contribution in [3.63, 3.8) is 0 Å². The van der Waals surface area contributed by atoms with E-state index in [-0.39, 0.29) is 17.6 Å². The molecule has 2 aliphatic carbocycles. The first kappa shape index (κ1) is 37.8. The van der Waals surface area contributed by atoms with Gasteiger partial charge in [-0.15, -0.1) is 0 Å². The lowest BCUT2D eigenvalue weighted by molar-refractivity contribution is -0.143. The Morgan fingerprint density at radius 1 is 0.979 bits per heavy atom. The number of hydrogen-bond donors (Lipinski definition) is 5. The van der Waals surface area contributed by atoms with E-state index >= 15 is 0 Å². The van der Waals surface area contributed by atoms with Crippen LogP contribution < -0.4 is 21.7 Å². The predicted octanol–water partition coefficient (Wildman–Crippen LogP) is 4.49. The van der Waals surface area contributed by atoms with Gasteiger partial charge in [-0.3, -0.25) is 19.2 Å². The third kappa shape index (κ3) is 10.7. The maximum absolute atomic E-state index is 14.0. The van der Waals surface area contributed by atoms with E-state index in [1.54, 1.807) is 18.2 Å². The molecule has 11 heteroatoms. The summed E-state index contributed by atoms with van der Waals surface area (Å²) in [6.07, 6.45) is 10.7. The maximum Gasteiger partial charge on any atom is 0.315 e. The number of amides is 5. The van der Waals surface area contributed by atoms with Crippen LogP contribution in [-0.2, 0) is 25.6 Å². The van der Waals surface area contributed by atoms with Crippen LogP contribution in [0.3, 0.4) is 0 Å². The molecule has 1 heterocycles. The fraction of sp³-hybridized carbons (Fsp3) is 0.694. The number of carbonyl (C=O) groups is 5. The highest BCUT2D eigenvalue weighted by molar-refractivity contribution is 6.37. The van der Waals surface area contributed by atoms with Crippen LogP contribution in [0.2, 0.25) is 0 Å². The van der Waals surface area contributed by atoms with Crippen molar-refractivity contribution in [3.8, 4) is 5.75 Å². The van der Waals surface area contributed by atoms with Crippen molar-refractivity contribution in [2.75, 3.05) is 6.54 Å². The topological polar surface area (TPSA) is 171 Å². The first-order valence-electron chi connectivity index (χ1n) is 17.5. The average molecular weight is 656 g/mol. The lowest BCUT2D eigenvalue weighted by Gasteiger charge is -2.40. The van der Waals surface area contributed by atoms with Gasteiger partial charge in [0.05, 0.1) is 6.04 Å². The Morgan fingerprint density at radius 3 is 2.19 bits per heavy atom. The summed E-state index contributed by atoms with van der Waals surface area (Å²) in [4.78, 5) is 66.8. The van der Waals surface area contributed by atoms with Crippen molar-refractivity contribution in [1.82, 2.24) is 20.9 Å². The number of nitrogens with one attached hydrogen (secondary N) is 3. The third-order valence-corrected chi connectivity index (χ3v) is 9.54. The smallest absolute Gasteiger partial charge is 0.315 e. The van der Waals surface area contributed by atoms with E-state index in [1.165, 1.54) is 11.3 Å². The summed E-state index contributed by atoms with van der Waals surface area (Å²) in [7, 11) is 0. The van der Waals surface area contributed by atoms with Gasteiger partial charge in [0.2, 0.25) is 17.6 Å². The van der Waals surface area contributed by atoms with Crippen molar-refractivity contribution in [2.24, 2.45) is 17.1 Å². The van der Waals surface area contributed by atoms with Crippen LogP contribution >= 0.6 is 0 Å². The molecule has 6 N–H and O–H groups in total. The molecule has 47 heavy (non-hydrogen) atoms. The normalized spacial score (nSPS) is 20.4. The van der Waals surface area contributed by atoms with Gasteiger partial charge in [-0.2, -0.15) is 0 Å². The maximum atomic E-state index is 14.0. The first-order valence-corrected chi connectivity index (χ1v) is 17.5. The summed E-state index contributed by atoms with van der Waals surface area (Å²) in [5, 5.41) is 18.9. The molecule has 0 aromatic heterocycles. The Bertz CT molecular complexity index is 1250. The van der Waals surface area contributed by atoms with Crippen LogP contribution in [0.15, 0.2) is 24.3 Å². The Morgan fingerprint density at radius 2 is 1.64 bits per heavy atom. The van der Waals surface area contributed by atoms with E-state index in [1.807, 2.05) is 26.8 Å². The summed E-state index contributed by atoms with van der Waals surface area (Å²) in [5.41, 5.74) is 5.02. The molecule has 1 aliphatic heterocycles. The van der Waals surface area contributed by atoms with Gasteiger partial charge in [0.15, 0.2) is 0 Å². The van der Waals surface area contributed by atoms with Gasteiger partial charge in [0.25, 0.3) is 5.91 Å². The molecule has 0 bridgehead atoms. The molecule has 0 radical (unpaired) electrons. The number of urea groups is 1. The van der Waals surface area contributed by atoms with Gasteiger partial charge < -0.3 is 31.7 Å². The van der Waals surface area contributed by atoms with Crippen molar-refractivity contribution in [1.29, 1.82) is 0 Å².